The first-order valence-corrected chi connectivity index (χ1v) is 9.26. The van der Waals surface area contributed by atoms with Crippen LogP contribution in [0, 0.1) is 6.92 Å². The Morgan fingerprint density at radius 3 is 2.82 bits per heavy atom. The smallest absolute Gasteiger partial charge is 0.240 e. The molecule has 0 spiro atoms. The number of sulfonamides is 1. The lowest BCUT2D eigenvalue weighted by atomic mass is 10.2. The highest BCUT2D eigenvalue weighted by molar-refractivity contribution is 7.89. The minimum Gasteiger partial charge on any atom is -0.394 e. The van der Waals surface area contributed by atoms with Crippen LogP contribution in [0.5, 0.6) is 0 Å². The summed E-state index contributed by atoms with van der Waals surface area (Å²) in [6.45, 7) is 2.02. The van der Waals surface area contributed by atoms with E-state index in [0.717, 1.165) is 11.1 Å². The molecular weight excluding hydrogens is 322 g/mol. The number of hydrogen-bond donors (Lipinski definition) is 2. The number of benzene rings is 1. The van der Waals surface area contributed by atoms with Crippen molar-refractivity contribution in [3.8, 4) is 0 Å². The Balaban J connectivity index is 2.08. The van der Waals surface area contributed by atoms with Crippen molar-refractivity contribution in [1.29, 1.82) is 0 Å². The van der Waals surface area contributed by atoms with Crippen molar-refractivity contribution >= 4 is 21.4 Å². The van der Waals surface area contributed by atoms with Gasteiger partial charge in [0.05, 0.1) is 24.2 Å². The quantitative estimate of drug-likeness (QED) is 0.771. The number of aryl methyl sites for hydroxylation is 1. The molecular formula is C15H19NO4S2. The lowest BCUT2D eigenvalue weighted by Gasteiger charge is -2.17. The van der Waals surface area contributed by atoms with Crippen molar-refractivity contribution in [3.05, 3.63) is 52.2 Å². The molecule has 0 saturated carbocycles. The van der Waals surface area contributed by atoms with Crippen LogP contribution < -0.4 is 4.72 Å². The highest BCUT2D eigenvalue weighted by atomic mass is 32.2. The summed E-state index contributed by atoms with van der Waals surface area (Å²) in [5.74, 6) is 0. The van der Waals surface area contributed by atoms with Gasteiger partial charge in [-0.25, -0.2) is 13.1 Å². The standard InChI is InChI=1S/C15H19NO4S2/c1-12-3-2-4-14(9-12)22(18,19)16-10-15(20-7-6-17)13-5-8-21-11-13/h2-5,8-9,11,15-17H,6-7,10H2,1H3. The summed E-state index contributed by atoms with van der Waals surface area (Å²) in [6.07, 6.45) is -0.419. The van der Waals surface area contributed by atoms with Crippen LogP contribution in [0.1, 0.15) is 17.2 Å². The molecule has 1 heterocycles. The number of ether oxygens (including phenoxy) is 1. The van der Waals surface area contributed by atoms with Crippen LogP contribution in [0.25, 0.3) is 0 Å². The number of aliphatic hydroxyl groups excluding tert-OH is 1. The Kier molecular flexibility index (Phi) is 6.10. The molecule has 120 valence electrons. The second kappa shape index (κ2) is 7.85. The van der Waals surface area contributed by atoms with Crippen molar-refractivity contribution < 1.29 is 18.3 Å². The normalized spacial score (nSPS) is 13.2. The summed E-state index contributed by atoms with van der Waals surface area (Å²) in [5, 5.41) is 12.7. The molecule has 0 aliphatic heterocycles. The second-order valence-corrected chi connectivity index (χ2v) is 7.36. The lowest BCUT2D eigenvalue weighted by Crippen LogP contribution is -2.30. The van der Waals surface area contributed by atoms with Crippen LogP contribution in [-0.2, 0) is 14.8 Å². The third kappa shape index (κ3) is 4.62. The van der Waals surface area contributed by atoms with E-state index in [1.54, 1.807) is 18.2 Å². The van der Waals surface area contributed by atoms with Gasteiger partial charge in [0, 0.05) is 6.54 Å². The molecule has 2 N–H and O–H groups in total. The predicted molar refractivity (Wildman–Crippen MR) is 86.5 cm³/mol. The van der Waals surface area contributed by atoms with Crippen molar-refractivity contribution in [2.45, 2.75) is 17.9 Å². The Hall–Kier alpha value is -1.25. The van der Waals surface area contributed by atoms with Gasteiger partial charge in [0.25, 0.3) is 0 Å². The Bertz CT molecular complexity index is 683. The van der Waals surface area contributed by atoms with Gasteiger partial charge in [0.1, 0.15) is 0 Å². The zero-order chi connectivity index (χ0) is 16.0. The third-order valence-electron chi connectivity index (χ3n) is 3.08. The fourth-order valence-electron chi connectivity index (χ4n) is 1.98. The molecule has 0 aliphatic carbocycles. The van der Waals surface area contributed by atoms with Crippen molar-refractivity contribution in [1.82, 2.24) is 4.72 Å². The molecule has 7 heteroatoms. The highest BCUT2D eigenvalue weighted by Crippen LogP contribution is 2.20. The molecule has 0 saturated heterocycles. The van der Waals surface area contributed by atoms with Crippen LogP contribution in [0.3, 0.4) is 0 Å². The molecule has 0 amide bonds. The molecule has 0 radical (unpaired) electrons. The average molecular weight is 341 g/mol. The van der Waals surface area contributed by atoms with E-state index in [1.165, 1.54) is 11.3 Å². The van der Waals surface area contributed by atoms with Gasteiger partial charge in [-0.05, 0) is 47.0 Å². The molecule has 2 aromatic rings. The Morgan fingerprint density at radius 2 is 2.18 bits per heavy atom. The van der Waals surface area contributed by atoms with Gasteiger partial charge >= 0.3 is 0 Å². The van der Waals surface area contributed by atoms with Crippen LogP contribution in [0.2, 0.25) is 0 Å². The summed E-state index contributed by atoms with van der Waals surface area (Å²) in [6, 6.07) is 8.62. The van der Waals surface area contributed by atoms with Gasteiger partial charge < -0.3 is 9.84 Å². The molecule has 0 fully saturated rings. The average Bonchev–Trinajstić information content (AvgIpc) is 3.01. The monoisotopic (exact) mass is 341 g/mol. The van der Waals surface area contributed by atoms with Crippen molar-refractivity contribution in [3.63, 3.8) is 0 Å². The molecule has 2 rings (SSSR count). The molecule has 0 aliphatic rings. The molecule has 22 heavy (non-hydrogen) atoms. The Morgan fingerprint density at radius 1 is 1.36 bits per heavy atom. The van der Waals surface area contributed by atoms with Crippen LogP contribution in [-0.4, -0.2) is 33.3 Å². The molecule has 1 atom stereocenters. The molecule has 1 aromatic heterocycles. The highest BCUT2D eigenvalue weighted by Gasteiger charge is 2.19. The number of hydrogen-bond acceptors (Lipinski definition) is 5. The predicted octanol–water partition coefficient (Wildman–Crippen LogP) is 2.09. The summed E-state index contributed by atoms with van der Waals surface area (Å²) in [7, 11) is -3.58. The van der Waals surface area contributed by atoms with Gasteiger partial charge in [-0.15, -0.1) is 0 Å². The zero-order valence-corrected chi connectivity index (χ0v) is 13.9. The van der Waals surface area contributed by atoms with Gasteiger partial charge in [0.2, 0.25) is 10.0 Å². The number of thiophene rings is 1. The topological polar surface area (TPSA) is 75.6 Å². The van der Waals surface area contributed by atoms with E-state index in [1.807, 2.05) is 29.8 Å². The first kappa shape index (κ1) is 17.1. The fraction of sp³-hybridized carbons (Fsp3) is 0.333. The summed E-state index contributed by atoms with van der Waals surface area (Å²) >= 11 is 1.51. The van der Waals surface area contributed by atoms with E-state index in [9.17, 15) is 8.42 Å². The van der Waals surface area contributed by atoms with E-state index >= 15 is 0 Å². The van der Waals surface area contributed by atoms with Gasteiger partial charge in [-0.3, -0.25) is 0 Å². The van der Waals surface area contributed by atoms with Crippen molar-refractivity contribution in [2.24, 2.45) is 0 Å². The number of aliphatic hydroxyl groups is 1. The number of nitrogens with one attached hydrogen (secondary N) is 1. The van der Waals surface area contributed by atoms with Crippen molar-refractivity contribution in [2.75, 3.05) is 19.8 Å². The van der Waals surface area contributed by atoms with Gasteiger partial charge in [-0.1, -0.05) is 12.1 Å². The number of rotatable bonds is 8. The first-order valence-electron chi connectivity index (χ1n) is 6.84. The maximum absolute atomic E-state index is 12.3. The minimum atomic E-state index is -3.58. The SMILES string of the molecule is Cc1cccc(S(=O)(=O)NCC(OCCO)c2ccsc2)c1. The molecule has 1 unspecified atom stereocenters. The summed E-state index contributed by atoms with van der Waals surface area (Å²) < 4.78 is 32.7. The second-order valence-electron chi connectivity index (χ2n) is 4.81. The minimum absolute atomic E-state index is 0.106. The van der Waals surface area contributed by atoms with Gasteiger partial charge in [0.15, 0.2) is 0 Å². The fourth-order valence-corrected chi connectivity index (χ4v) is 3.82. The first-order chi connectivity index (χ1) is 10.5. The summed E-state index contributed by atoms with van der Waals surface area (Å²) in [4.78, 5) is 0.235. The zero-order valence-electron chi connectivity index (χ0n) is 12.2. The van der Waals surface area contributed by atoms with Crippen LogP contribution in [0.15, 0.2) is 46.0 Å². The van der Waals surface area contributed by atoms with E-state index < -0.39 is 16.1 Å². The molecule has 0 bridgehead atoms. The molecule has 5 nitrogen and oxygen atoms in total. The largest absolute Gasteiger partial charge is 0.394 e. The summed E-state index contributed by atoms with van der Waals surface area (Å²) in [5.41, 5.74) is 1.78. The van der Waals surface area contributed by atoms with Crippen LogP contribution in [0.4, 0.5) is 0 Å². The van der Waals surface area contributed by atoms with E-state index in [0.29, 0.717) is 0 Å². The van der Waals surface area contributed by atoms with E-state index in [-0.39, 0.29) is 24.7 Å². The van der Waals surface area contributed by atoms with Gasteiger partial charge in [-0.2, -0.15) is 11.3 Å². The van der Waals surface area contributed by atoms with Crippen LogP contribution >= 0.6 is 11.3 Å². The molecule has 1 aromatic carbocycles. The lowest BCUT2D eigenvalue weighted by molar-refractivity contribution is 0.0311. The maximum Gasteiger partial charge on any atom is 0.240 e. The maximum atomic E-state index is 12.3. The Labute approximate surface area is 134 Å². The van der Waals surface area contributed by atoms with E-state index in [2.05, 4.69) is 4.72 Å². The van der Waals surface area contributed by atoms with E-state index in [4.69, 9.17) is 9.84 Å². The third-order valence-corrected chi connectivity index (χ3v) is 5.21.